The Morgan fingerprint density at radius 1 is 0.833 bits per heavy atom. The summed E-state index contributed by atoms with van der Waals surface area (Å²) in [5.41, 5.74) is 3.10. The molecule has 3 N–H and O–H groups in total. The van der Waals surface area contributed by atoms with Crippen molar-refractivity contribution in [3.05, 3.63) is 78.4 Å². The molecule has 0 bridgehead atoms. The van der Waals surface area contributed by atoms with Gasteiger partial charge in [0.25, 0.3) is 0 Å². The largest absolute Gasteiger partial charge is 0.505 e. The topological polar surface area (TPSA) is 145 Å². The van der Waals surface area contributed by atoms with Gasteiger partial charge in [0, 0.05) is 23.9 Å². The molecular weight excluding hydrogens is 554 g/mol. The van der Waals surface area contributed by atoms with E-state index in [1.54, 1.807) is 31.3 Å². The summed E-state index contributed by atoms with van der Waals surface area (Å²) < 4.78 is 30.2. The second kappa shape index (κ2) is 11.5. The summed E-state index contributed by atoms with van der Waals surface area (Å²) in [7, 11) is -0.575. The fourth-order valence-electron chi connectivity index (χ4n) is 4.62. The standard InChI is InChI=1S/C31H29N5O5S/c1-5-42(39,40)29-16-26(27(37)17-28(29)41-4)35-34-25-14-11-21-22(31(25)38)12-13-24(32-3)30(21)36-33-20-10-9-19-8-6-7-18(2)23(19)15-20/h6-17,32,37-38H,5H2,1-4H3. The molecule has 0 aromatic heterocycles. The lowest BCUT2D eigenvalue weighted by Crippen LogP contribution is -2.05. The summed E-state index contributed by atoms with van der Waals surface area (Å²) in [6, 6.07) is 21.2. The highest BCUT2D eigenvalue weighted by Crippen LogP contribution is 2.44. The lowest BCUT2D eigenvalue weighted by Gasteiger charge is -2.11. The Bertz CT molecular complexity index is 2010. The maximum Gasteiger partial charge on any atom is 0.181 e. The molecule has 0 amide bonds. The van der Waals surface area contributed by atoms with Gasteiger partial charge in [0.2, 0.25) is 0 Å². The molecular formula is C31H29N5O5S. The molecule has 0 heterocycles. The van der Waals surface area contributed by atoms with Crippen LogP contribution >= 0.6 is 0 Å². The Labute approximate surface area is 243 Å². The Kier molecular flexibility index (Phi) is 7.77. The van der Waals surface area contributed by atoms with Gasteiger partial charge in [0.05, 0.1) is 24.2 Å². The maximum absolute atomic E-state index is 12.5. The van der Waals surface area contributed by atoms with Gasteiger partial charge in [-0.1, -0.05) is 31.2 Å². The monoisotopic (exact) mass is 583 g/mol. The number of benzene rings is 5. The number of hydrogen-bond donors (Lipinski definition) is 3. The highest BCUT2D eigenvalue weighted by molar-refractivity contribution is 7.91. The summed E-state index contributed by atoms with van der Waals surface area (Å²) in [4.78, 5) is -0.113. The van der Waals surface area contributed by atoms with Crippen molar-refractivity contribution in [2.75, 3.05) is 25.2 Å². The quantitative estimate of drug-likeness (QED) is 0.156. The van der Waals surface area contributed by atoms with Gasteiger partial charge in [0.1, 0.15) is 33.5 Å². The Balaban J connectivity index is 1.54. The number of rotatable bonds is 8. The van der Waals surface area contributed by atoms with Crippen molar-refractivity contribution < 1.29 is 23.4 Å². The van der Waals surface area contributed by atoms with Gasteiger partial charge < -0.3 is 20.3 Å². The van der Waals surface area contributed by atoms with Crippen LogP contribution in [0.15, 0.2) is 98.1 Å². The van der Waals surface area contributed by atoms with Gasteiger partial charge in [-0.05, 0) is 65.7 Å². The summed E-state index contributed by atoms with van der Waals surface area (Å²) in [6.07, 6.45) is 0. The number of phenols is 2. The average molecular weight is 584 g/mol. The number of ether oxygens (including phenoxy) is 1. The number of phenolic OH excluding ortho intramolecular Hbond substituents is 2. The number of sulfone groups is 1. The van der Waals surface area contributed by atoms with Crippen LogP contribution in [0.3, 0.4) is 0 Å². The van der Waals surface area contributed by atoms with Gasteiger partial charge in [-0.15, -0.1) is 15.3 Å². The molecule has 42 heavy (non-hydrogen) atoms. The van der Waals surface area contributed by atoms with Crippen molar-refractivity contribution >= 4 is 59.8 Å². The van der Waals surface area contributed by atoms with E-state index in [0.717, 1.165) is 16.3 Å². The number of aromatic hydroxyl groups is 2. The Hall–Kier alpha value is -5.03. The first-order valence-electron chi connectivity index (χ1n) is 13.1. The first kappa shape index (κ1) is 28.5. The number of hydrogen-bond acceptors (Lipinski definition) is 10. The van der Waals surface area contributed by atoms with Crippen LogP contribution in [-0.2, 0) is 9.84 Å². The van der Waals surface area contributed by atoms with E-state index >= 15 is 0 Å². The van der Waals surface area contributed by atoms with Gasteiger partial charge in [-0.25, -0.2) is 8.42 Å². The molecule has 5 rings (SSSR count). The molecule has 0 fully saturated rings. The fourth-order valence-corrected chi connectivity index (χ4v) is 5.67. The highest BCUT2D eigenvalue weighted by Gasteiger charge is 2.21. The van der Waals surface area contributed by atoms with Crippen molar-refractivity contribution in [3.63, 3.8) is 0 Å². The molecule has 0 atom stereocenters. The molecule has 0 radical (unpaired) electrons. The van der Waals surface area contributed by atoms with Crippen LogP contribution in [0.5, 0.6) is 17.2 Å². The predicted molar refractivity (Wildman–Crippen MR) is 165 cm³/mol. The van der Waals surface area contributed by atoms with Crippen molar-refractivity contribution in [1.29, 1.82) is 0 Å². The summed E-state index contributed by atoms with van der Waals surface area (Å²) in [5, 5.41) is 45.1. The van der Waals surface area contributed by atoms with Crippen molar-refractivity contribution in [2.45, 2.75) is 18.7 Å². The van der Waals surface area contributed by atoms with Crippen molar-refractivity contribution in [3.8, 4) is 17.2 Å². The SMILES string of the molecule is CCS(=O)(=O)c1cc(N=Nc2ccc3c(N=Nc4ccc5cccc(C)c5c4)c(NC)ccc3c2O)c(O)cc1OC. The van der Waals surface area contributed by atoms with Gasteiger partial charge >= 0.3 is 0 Å². The number of nitrogens with one attached hydrogen (secondary N) is 1. The zero-order valence-electron chi connectivity index (χ0n) is 23.5. The first-order chi connectivity index (χ1) is 20.2. The van der Waals surface area contributed by atoms with E-state index in [4.69, 9.17) is 4.74 Å². The molecule has 0 spiro atoms. The van der Waals surface area contributed by atoms with Gasteiger partial charge in [0.15, 0.2) is 15.6 Å². The Morgan fingerprint density at radius 3 is 2.33 bits per heavy atom. The van der Waals surface area contributed by atoms with E-state index in [1.807, 2.05) is 43.3 Å². The number of nitrogens with zero attached hydrogens (tertiary/aromatic N) is 4. The number of anilines is 1. The van der Waals surface area contributed by atoms with E-state index in [1.165, 1.54) is 26.2 Å². The lowest BCUT2D eigenvalue weighted by molar-refractivity contribution is 0.396. The summed E-state index contributed by atoms with van der Waals surface area (Å²) in [5.74, 6) is -0.643. The second-order valence-corrected chi connectivity index (χ2v) is 11.8. The minimum atomic E-state index is -3.66. The van der Waals surface area contributed by atoms with E-state index in [9.17, 15) is 18.6 Å². The third-order valence-electron chi connectivity index (χ3n) is 6.98. The summed E-state index contributed by atoms with van der Waals surface area (Å²) in [6.45, 7) is 3.55. The van der Waals surface area contributed by atoms with Crippen LogP contribution in [0.2, 0.25) is 0 Å². The van der Waals surface area contributed by atoms with Crippen molar-refractivity contribution in [2.24, 2.45) is 20.5 Å². The third kappa shape index (κ3) is 5.34. The molecule has 0 unspecified atom stereocenters. The zero-order valence-corrected chi connectivity index (χ0v) is 24.3. The van der Waals surface area contributed by atoms with Crippen LogP contribution in [-0.4, -0.2) is 38.5 Å². The summed E-state index contributed by atoms with van der Waals surface area (Å²) >= 11 is 0. The maximum atomic E-state index is 12.5. The second-order valence-electron chi connectivity index (χ2n) is 9.52. The van der Waals surface area contributed by atoms with E-state index < -0.39 is 9.84 Å². The van der Waals surface area contributed by atoms with Crippen molar-refractivity contribution in [1.82, 2.24) is 0 Å². The average Bonchev–Trinajstić information content (AvgIpc) is 3.00. The smallest absolute Gasteiger partial charge is 0.181 e. The minimum absolute atomic E-state index is 0.00251. The normalized spacial score (nSPS) is 12.1. The number of azo groups is 2. The van der Waals surface area contributed by atoms with Crippen LogP contribution in [0.4, 0.5) is 28.4 Å². The molecule has 0 saturated heterocycles. The zero-order chi connectivity index (χ0) is 30.0. The molecule has 0 aliphatic heterocycles. The molecule has 5 aromatic carbocycles. The van der Waals surface area contributed by atoms with Crippen LogP contribution in [0.1, 0.15) is 12.5 Å². The lowest BCUT2D eigenvalue weighted by atomic mass is 10.0. The van der Waals surface area contributed by atoms with E-state index in [-0.39, 0.29) is 39.3 Å². The van der Waals surface area contributed by atoms with Crippen LogP contribution in [0, 0.1) is 6.92 Å². The minimum Gasteiger partial charge on any atom is -0.505 e. The van der Waals surface area contributed by atoms with E-state index in [2.05, 4.69) is 25.8 Å². The Morgan fingerprint density at radius 2 is 1.60 bits per heavy atom. The number of fused-ring (bicyclic) bond motifs is 2. The van der Waals surface area contributed by atoms with Gasteiger partial charge in [-0.3, -0.25) is 0 Å². The molecule has 214 valence electrons. The number of aryl methyl sites for hydroxylation is 1. The molecule has 5 aromatic rings. The predicted octanol–water partition coefficient (Wildman–Crippen LogP) is 8.39. The highest BCUT2D eigenvalue weighted by atomic mass is 32.2. The van der Waals surface area contributed by atoms with Gasteiger partial charge in [-0.2, -0.15) is 5.11 Å². The van der Waals surface area contributed by atoms with Crippen LogP contribution < -0.4 is 10.1 Å². The number of methoxy groups -OCH3 is 1. The molecule has 0 aliphatic carbocycles. The van der Waals surface area contributed by atoms with E-state index in [0.29, 0.717) is 27.8 Å². The third-order valence-corrected chi connectivity index (χ3v) is 8.73. The molecule has 0 aliphatic rings. The van der Waals surface area contributed by atoms with Crippen LogP contribution in [0.25, 0.3) is 21.5 Å². The molecule has 11 heteroatoms. The molecule has 0 saturated carbocycles. The molecule has 10 nitrogen and oxygen atoms in total. The first-order valence-corrected chi connectivity index (χ1v) is 14.7. The fraction of sp³-hybridized carbons (Fsp3) is 0.161.